The van der Waals surface area contributed by atoms with Crippen molar-refractivity contribution in [1.29, 1.82) is 0 Å². The van der Waals surface area contributed by atoms with Gasteiger partial charge >= 0.3 is 5.97 Å². The molecule has 1 heterocycles. The third-order valence-corrected chi connectivity index (χ3v) is 2.23. The number of rotatable bonds is 5. The Balaban J connectivity index is 2.13. The van der Waals surface area contributed by atoms with Crippen LogP contribution in [-0.2, 0) is 14.3 Å². The van der Waals surface area contributed by atoms with Gasteiger partial charge in [0.05, 0.1) is 13.2 Å². The molecule has 1 rings (SSSR count). The first-order valence-corrected chi connectivity index (χ1v) is 4.85. The van der Waals surface area contributed by atoms with E-state index in [-0.39, 0.29) is 13.0 Å². The fraction of sp³-hybridized carbons (Fsp3) is 0.889. The summed E-state index contributed by atoms with van der Waals surface area (Å²) in [6.45, 7) is 1.67. The van der Waals surface area contributed by atoms with Crippen LogP contribution >= 0.6 is 0 Å². The van der Waals surface area contributed by atoms with Gasteiger partial charge in [0.15, 0.2) is 0 Å². The third-order valence-electron chi connectivity index (χ3n) is 2.23. The summed E-state index contributed by atoms with van der Waals surface area (Å²) in [6, 6.07) is -0.706. The van der Waals surface area contributed by atoms with Gasteiger partial charge in [0, 0.05) is 19.1 Å². The highest BCUT2D eigenvalue weighted by Gasteiger charge is 2.20. The number of aliphatic hydroxyl groups is 1. The van der Waals surface area contributed by atoms with Crippen LogP contribution in [-0.4, -0.2) is 43.5 Å². The van der Waals surface area contributed by atoms with Gasteiger partial charge in [-0.05, 0) is 12.8 Å². The number of hydrogen-bond donors (Lipinski definition) is 2. The van der Waals surface area contributed by atoms with Gasteiger partial charge in [-0.25, -0.2) is 0 Å². The van der Waals surface area contributed by atoms with Crippen molar-refractivity contribution in [2.45, 2.75) is 18.9 Å². The van der Waals surface area contributed by atoms with Crippen molar-refractivity contribution >= 4 is 5.97 Å². The minimum Gasteiger partial charge on any atom is -0.464 e. The summed E-state index contributed by atoms with van der Waals surface area (Å²) in [5.41, 5.74) is 5.45. The van der Waals surface area contributed by atoms with E-state index in [9.17, 15) is 4.79 Å². The number of esters is 1. The molecule has 0 saturated carbocycles. The summed E-state index contributed by atoms with van der Waals surface area (Å²) in [5.74, 6) is -0.133. The number of carbonyl (C=O) groups is 1. The van der Waals surface area contributed by atoms with E-state index in [0.29, 0.717) is 19.1 Å². The van der Waals surface area contributed by atoms with Crippen molar-refractivity contribution in [3.8, 4) is 0 Å². The van der Waals surface area contributed by atoms with E-state index in [1.54, 1.807) is 0 Å². The molecule has 0 radical (unpaired) electrons. The van der Waals surface area contributed by atoms with Gasteiger partial charge in [0.25, 0.3) is 0 Å². The monoisotopic (exact) mass is 203 g/mol. The zero-order chi connectivity index (χ0) is 10.4. The molecule has 0 aliphatic carbocycles. The summed E-state index contributed by atoms with van der Waals surface area (Å²) >= 11 is 0. The molecule has 0 spiro atoms. The average molecular weight is 203 g/mol. The molecular formula is C9H17NO4. The van der Waals surface area contributed by atoms with E-state index >= 15 is 0 Å². The van der Waals surface area contributed by atoms with Gasteiger partial charge in [0.1, 0.15) is 6.04 Å². The fourth-order valence-electron chi connectivity index (χ4n) is 1.28. The highest BCUT2D eigenvalue weighted by Crippen LogP contribution is 2.12. The van der Waals surface area contributed by atoms with Crippen molar-refractivity contribution in [1.82, 2.24) is 0 Å². The van der Waals surface area contributed by atoms with E-state index < -0.39 is 12.0 Å². The summed E-state index contributed by atoms with van der Waals surface area (Å²) in [6.07, 6.45) is 1.18. The van der Waals surface area contributed by atoms with E-state index in [1.165, 1.54) is 0 Å². The smallest absolute Gasteiger partial charge is 0.323 e. The van der Waals surface area contributed by atoms with E-state index in [1.807, 2.05) is 0 Å². The minimum atomic E-state index is -0.706. The molecule has 5 nitrogen and oxygen atoms in total. The molecule has 2 atom stereocenters. The van der Waals surface area contributed by atoms with E-state index in [2.05, 4.69) is 0 Å². The van der Waals surface area contributed by atoms with Gasteiger partial charge in [-0.2, -0.15) is 0 Å². The number of hydrogen-bond acceptors (Lipinski definition) is 5. The Hall–Kier alpha value is -0.650. The molecule has 82 valence electrons. The lowest BCUT2D eigenvalue weighted by molar-refractivity contribution is -0.147. The summed E-state index contributed by atoms with van der Waals surface area (Å²) in [4.78, 5) is 11.2. The topological polar surface area (TPSA) is 81.8 Å². The number of nitrogens with two attached hydrogens (primary N) is 1. The quantitative estimate of drug-likeness (QED) is 0.576. The Kier molecular flexibility index (Phi) is 4.86. The van der Waals surface area contributed by atoms with Gasteiger partial charge < -0.3 is 20.3 Å². The summed E-state index contributed by atoms with van der Waals surface area (Å²) in [5, 5.41) is 8.56. The van der Waals surface area contributed by atoms with Gasteiger partial charge in [-0.3, -0.25) is 4.79 Å². The van der Waals surface area contributed by atoms with E-state index in [4.69, 9.17) is 20.3 Å². The Bertz CT molecular complexity index is 180. The van der Waals surface area contributed by atoms with Crippen LogP contribution in [0.25, 0.3) is 0 Å². The molecule has 0 aromatic rings. The molecule has 0 bridgehead atoms. The maximum atomic E-state index is 11.2. The molecule has 5 heteroatoms. The van der Waals surface area contributed by atoms with Gasteiger partial charge in [-0.1, -0.05) is 0 Å². The lowest BCUT2D eigenvalue weighted by Gasteiger charge is -2.12. The number of aliphatic hydroxyl groups excluding tert-OH is 1. The molecule has 3 N–H and O–H groups in total. The Labute approximate surface area is 83.2 Å². The molecule has 1 fully saturated rings. The summed E-state index contributed by atoms with van der Waals surface area (Å²) < 4.78 is 10.1. The molecule has 1 aliphatic heterocycles. The second-order valence-electron chi connectivity index (χ2n) is 3.48. The predicted molar refractivity (Wildman–Crippen MR) is 49.6 cm³/mol. The highest BCUT2D eigenvalue weighted by molar-refractivity contribution is 5.75. The molecule has 0 aromatic carbocycles. The largest absolute Gasteiger partial charge is 0.464 e. The molecule has 14 heavy (non-hydrogen) atoms. The lowest BCUT2D eigenvalue weighted by Crippen LogP contribution is -2.34. The number of ether oxygens (including phenoxy) is 2. The zero-order valence-corrected chi connectivity index (χ0v) is 8.15. The second kappa shape index (κ2) is 5.95. The Morgan fingerprint density at radius 3 is 3.07 bits per heavy atom. The Morgan fingerprint density at radius 1 is 1.71 bits per heavy atom. The normalized spacial score (nSPS) is 23.4. The standard InChI is InChI=1S/C9H17NO4/c10-8(1-3-11)9(12)14-6-7-2-4-13-5-7/h7-8,11H,1-6,10H2. The van der Waals surface area contributed by atoms with Crippen molar-refractivity contribution in [2.75, 3.05) is 26.4 Å². The predicted octanol–water partition coefficient (Wildman–Crippen LogP) is -0.724. The average Bonchev–Trinajstić information content (AvgIpc) is 2.67. The molecule has 1 aliphatic rings. The van der Waals surface area contributed by atoms with Crippen molar-refractivity contribution in [2.24, 2.45) is 11.7 Å². The minimum absolute atomic E-state index is 0.0944. The highest BCUT2D eigenvalue weighted by atomic mass is 16.5. The van der Waals surface area contributed by atoms with Crippen LogP contribution in [0.2, 0.25) is 0 Å². The van der Waals surface area contributed by atoms with Crippen LogP contribution in [0.15, 0.2) is 0 Å². The number of carbonyl (C=O) groups excluding carboxylic acids is 1. The van der Waals surface area contributed by atoms with Gasteiger partial charge in [-0.15, -0.1) is 0 Å². The molecule has 0 amide bonds. The second-order valence-corrected chi connectivity index (χ2v) is 3.48. The Morgan fingerprint density at radius 2 is 2.50 bits per heavy atom. The van der Waals surface area contributed by atoms with Crippen LogP contribution in [0.5, 0.6) is 0 Å². The maximum absolute atomic E-state index is 11.2. The molecular weight excluding hydrogens is 186 g/mol. The van der Waals surface area contributed by atoms with Crippen molar-refractivity contribution in [3.05, 3.63) is 0 Å². The molecule has 2 unspecified atom stereocenters. The fourth-order valence-corrected chi connectivity index (χ4v) is 1.28. The van der Waals surface area contributed by atoms with Crippen LogP contribution in [0.4, 0.5) is 0 Å². The van der Waals surface area contributed by atoms with Crippen LogP contribution in [0, 0.1) is 5.92 Å². The van der Waals surface area contributed by atoms with Crippen LogP contribution < -0.4 is 5.73 Å². The maximum Gasteiger partial charge on any atom is 0.323 e. The SMILES string of the molecule is NC(CCO)C(=O)OCC1CCOC1. The lowest BCUT2D eigenvalue weighted by atomic mass is 10.1. The first-order chi connectivity index (χ1) is 6.74. The molecule has 1 saturated heterocycles. The first-order valence-electron chi connectivity index (χ1n) is 4.85. The van der Waals surface area contributed by atoms with Crippen molar-refractivity contribution < 1.29 is 19.4 Å². The first kappa shape index (κ1) is 11.4. The van der Waals surface area contributed by atoms with Crippen LogP contribution in [0.3, 0.4) is 0 Å². The van der Waals surface area contributed by atoms with E-state index in [0.717, 1.165) is 13.0 Å². The third kappa shape index (κ3) is 3.61. The van der Waals surface area contributed by atoms with Crippen molar-refractivity contribution in [3.63, 3.8) is 0 Å². The summed E-state index contributed by atoms with van der Waals surface area (Å²) in [7, 11) is 0. The molecule has 0 aromatic heterocycles. The van der Waals surface area contributed by atoms with Gasteiger partial charge in [0.2, 0.25) is 0 Å². The zero-order valence-electron chi connectivity index (χ0n) is 8.15. The van der Waals surface area contributed by atoms with Crippen LogP contribution in [0.1, 0.15) is 12.8 Å².